The van der Waals surface area contributed by atoms with Crippen LogP contribution < -0.4 is 5.32 Å². The van der Waals surface area contributed by atoms with Gasteiger partial charge in [0.1, 0.15) is 6.23 Å². The van der Waals surface area contributed by atoms with Gasteiger partial charge in [0, 0.05) is 11.1 Å². The lowest BCUT2D eigenvalue weighted by atomic mass is 10.1. The summed E-state index contributed by atoms with van der Waals surface area (Å²) in [6, 6.07) is 7.90. The number of benzene rings is 1. The van der Waals surface area contributed by atoms with E-state index in [1.54, 1.807) is 0 Å². The average molecular weight is 228 g/mol. The lowest BCUT2D eigenvalue weighted by Gasteiger charge is -2.28. The van der Waals surface area contributed by atoms with Crippen molar-refractivity contribution in [3.8, 4) is 0 Å². The predicted octanol–water partition coefficient (Wildman–Crippen LogP) is 1.19. The second-order valence-electron chi connectivity index (χ2n) is 3.75. The van der Waals surface area contributed by atoms with Crippen molar-refractivity contribution >= 4 is 11.6 Å². The van der Waals surface area contributed by atoms with Crippen LogP contribution in [0, 0.1) is 0 Å². The molecule has 3 nitrogen and oxygen atoms in total. The van der Waals surface area contributed by atoms with Crippen molar-refractivity contribution in [3.63, 3.8) is 0 Å². The Balaban J connectivity index is 1.93. The van der Waals surface area contributed by atoms with Crippen LogP contribution in [0.5, 0.6) is 0 Å². The number of hydrogen-bond donors (Lipinski definition) is 2. The highest BCUT2D eigenvalue weighted by atomic mass is 35.5. The Morgan fingerprint density at radius 3 is 2.73 bits per heavy atom. The van der Waals surface area contributed by atoms with Crippen LogP contribution in [0.25, 0.3) is 0 Å². The third-order valence-electron chi connectivity index (χ3n) is 2.42. The van der Waals surface area contributed by atoms with E-state index in [0.29, 0.717) is 13.2 Å². The second-order valence-corrected chi connectivity index (χ2v) is 4.18. The molecule has 2 rings (SSSR count). The topological polar surface area (TPSA) is 41.5 Å². The number of rotatable bonds is 2. The summed E-state index contributed by atoms with van der Waals surface area (Å²) in [6.07, 6.45) is 0.296. The maximum Gasteiger partial charge on any atom is 0.128 e. The molecule has 1 heterocycles. The molecule has 1 fully saturated rings. The molecular formula is C11H14ClNO2. The second kappa shape index (κ2) is 4.94. The molecular weight excluding hydrogens is 214 g/mol. The number of ether oxygens (including phenoxy) is 1. The standard InChI is InChI=1S/C11H14ClNO2/c12-9-3-1-8(2-4-9)5-10-6-15-7-11(14)13-10/h1-4,10-11,13-14H,5-7H2. The van der Waals surface area contributed by atoms with Gasteiger partial charge in [-0.15, -0.1) is 0 Å². The van der Waals surface area contributed by atoms with Crippen LogP contribution in [-0.4, -0.2) is 30.6 Å². The molecule has 0 saturated carbocycles. The Morgan fingerprint density at radius 1 is 1.33 bits per heavy atom. The number of morpholine rings is 1. The molecule has 0 radical (unpaired) electrons. The first-order valence-corrected chi connectivity index (χ1v) is 5.38. The minimum Gasteiger partial charge on any atom is -0.376 e. The van der Waals surface area contributed by atoms with Crippen LogP contribution in [0.1, 0.15) is 5.56 Å². The van der Waals surface area contributed by atoms with E-state index in [4.69, 9.17) is 16.3 Å². The summed E-state index contributed by atoms with van der Waals surface area (Å²) in [6.45, 7) is 1.01. The van der Waals surface area contributed by atoms with Gasteiger partial charge in [-0.3, -0.25) is 5.32 Å². The van der Waals surface area contributed by atoms with Crippen molar-refractivity contribution in [1.82, 2.24) is 5.32 Å². The molecule has 0 amide bonds. The highest BCUT2D eigenvalue weighted by Gasteiger charge is 2.19. The summed E-state index contributed by atoms with van der Waals surface area (Å²) in [5.41, 5.74) is 1.19. The summed E-state index contributed by atoms with van der Waals surface area (Å²) in [5.74, 6) is 0. The largest absolute Gasteiger partial charge is 0.376 e. The van der Waals surface area contributed by atoms with E-state index < -0.39 is 6.23 Å². The molecule has 82 valence electrons. The SMILES string of the molecule is OC1COCC(Cc2ccc(Cl)cc2)N1. The van der Waals surface area contributed by atoms with Gasteiger partial charge in [0.05, 0.1) is 13.2 Å². The highest BCUT2D eigenvalue weighted by Crippen LogP contribution is 2.12. The molecule has 1 aliphatic rings. The van der Waals surface area contributed by atoms with Crippen molar-refractivity contribution in [1.29, 1.82) is 0 Å². The Bertz CT molecular complexity index is 315. The quantitative estimate of drug-likeness (QED) is 0.798. The van der Waals surface area contributed by atoms with Gasteiger partial charge in [-0.2, -0.15) is 0 Å². The lowest BCUT2D eigenvalue weighted by Crippen LogP contribution is -2.49. The van der Waals surface area contributed by atoms with E-state index in [0.717, 1.165) is 11.4 Å². The normalized spacial score (nSPS) is 26.5. The van der Waals surface area contributed by atoms with Crippen molar-refractivity contribution in [2.75, 3.05) is 13.2 Å². The number of aliphatic hydroxyl groups excluding tert-OH is 1. The van der Waals surface area contributed by atoms with Crippen molar-refractivity contribution in [3.05, 3.63) is 34.9 Å². The van der Waals surface area contributed by atoms with Crippen molar-refractivity contribution in [2.24, 2.45) is 0 Å². The van der Waals surface area contributed by atoms with Gasteiger partial charge in [-0.05, 0) is 24.1 Å². The molecule has 15 heavy (non-hydrogen) atoms. The van der Waals surface area contributed by atoms with Crippen LogP contribution in [-0.2, 0) is 11.2 Å². The van der Waals surface area contributed by atoms with Gasteiger partial charge >= 0.3 is 0 Å². The minimum absolute atomic E-state index is 0.176. The van der Waals surface area contributed by atoms with Crippen LogP contribution in [0.2, 0.25) is 5.02 Å². The number of nitrogens with one attached hydrogen (secondary N) is 1. The van der Waals surface area contributed by atoms with E-state index in [1.807, 2.05) is 24.3 Å². The number of halogens is 1. The molecule has 0 bridgehead atoms. The minimum atomic E-state index is -0.545. The van der Waals surface area contributed by atoms with Gasteiger partial charge in [-0.1, -0.05) is 23.7 Å². The third-order valence-corrected chi connectivity index (χ3v) is 2.67. The van der Waals surface area contributed by atoms with Crippen molar-refractivity contribution in [2.45, 2.75) is 18.7 Å². The first kappa shape index (κ1) is 10.9. The zero-order valence-corrected chi connectivity index (χ0v) is 9.07. The van der Waals surface area contributed by atoms with Gasteiger partial charge < -0.3 is 9.84 Å². The van der Waals surface area contributed by atoms with Gasteiger partial charge in [0.2, 0.25) is 0 Å². The van der Waals surface area contributed by atoms with Crippen LogP contribution in [0.15, 0.2) is 24.3 Å². The van der Waals surface area contributed by atoms with E-state index in [2.05, 4.69) is 5.32 Å². The van der Waals surface area contributed by atoms with E-state index >= 15 is 0 Å². The first-order valence-electron chi connectivity index (χ1n) is 5.00. The molecule has 1 aromatic rings. The molecule has 1 saturated heterocycles. The zero-order chi connectivity index (χ0) is 10.7. The van der Waals surface area contributed by atoms with Gasteiger partial charge in [0.15, 0.2) is 0 Å². The van der Waals surface area contributed by atoms with Gasteiger partial charge in [0.25, 0.3) is 0 Å². The van der Waals surface area contributed by atoms with E-state index in [-0.39, 0.29) is 6.04 Å². The first-order chi connectivity index (χ1) is 7.24. The lowest BCUT2D eigenvalue weighted by molar-refractivity contribution is -0.0391. The van der Waals surface area contributed by atoms with Crippen molar-refractivity contribution < 1.29 is 9.84 Å². The van der Waals surface area contributed by atoms with Crippen LogP contribution in [0.3, 0.4) is 0 Å². The number of hydrogen-bond acceptors (Lipinski definition) is 3. The Hall–Kier alpha value is -0.610. The fourth-order valence-electron chi connectivity index (χ4n) is 1.71. The molecule has 2 atom stereocenters. The van der Waals surface area contributed by atoms with Gasteiger partial charge in [-0.25, -0.2) is 0 Å². The predicted molar refractivity (Wildman–Crippen MR) is 58.9 cm³/mol. The Morgan fingerprint density at radius 2 is 2.07 bits per heavy atom. The third kappa shape index (κ3) is 3.18. The van der Waals surface area contributed by atoms with E-state index in [9.17, 15) is 5.11 Å². The summed E-state index contributed by atoms with van der Waals surface area (Å²) in [4.78, 5) is 0. The monoisotopic (exact) mass is 227 g/mol. The van der Waals surface area contributed by atoms with E-state index in [1.165, 1.54) is 5.56 Å². The Labute approximate surface area is 94.0 Å². The molecule has 0 spiro atoms. The average Bonchev–Trinajstić information content (AvgIpc) is 2.22. The van der Waals surface area contributed by atoms with Crippen LogP contribution >= 0.6 is 11.6 Å². The maximum atomic E-state index is 9.34. The molecule has 2 unspecified atom stereocenters. The fraction of sp³-hybridized carbons (Fsp3) is 0.455. The number of aliphatic hydroxyl groups is 1. The summed E-state index contributed by atoms with van der Waals surface area (Å²) >= 11 is 5.80. The molecule has 1 aliphatic heterocycles. The molecule has 0 aliphatic carbocycles. The fourth-order valence-corrected chi connectivity index (χ4v) is 1.84. The Kier molecular flexibility index (Phi) is 3.59. The smallest absolute Gasteiger partial charge is 0.128 e. The summed E-state index contributed by atoms with van der Waals surface area (Å²) in [7, 11) is 0. The summed E-state index contributed by atoms with van der Waals surface area (Å²) < 4.78 is 5.25. The summed E-state index contributed by atoms with van der Waals surface area (Å²) in [5, 5.41) is 13.2. The zero-order valence-electron chi connectivity index (χ0n) is 8.32. The molecule has 1 aromatic carbocycles. The maximum absolute atomic E-state index is 9.34. The molecule has 4 heteroatoms. The molecule has 0 aromatic heterocycles. The highest BCUT2D eigenvalue weighted by molar-refractivity contribution is 6.30. The van der Waals surface area contributed by atoms with Crippen LogP contribution in [0.4, 0.5) is 0 Å². The molecule has 2 N–H and O–H groups in total.